The van der Waals surface area contributed by atoms with Gasteiger partial charge in [0, 0.05) is 44.4 Å². The summed E-state index contributed by atoms with van der Waals surface area (Å²) in [7, 11) is -4.22. The van der Waals surface area contributed by atoms with Crippen molar-refractivity contribution in [3.63, 3.8) is 0 Å². The summed E-state index contributed by atoms with van der Waals surface area (Å²) >= 11 is 0. The SMILES string of the molecule is O=C(CCNC(=O)[C@H]1CCCN(C(=O)NS(=O)(=O)c2ccc(F)cc2)C1)N[C@@H](Cc1cnc[nH]1)C(=O)O. The molecule has 200 valence electrons. The number of urea groups is 1. The maximum Gasteiger partial charge on any atom is 0.331 e. The third-order valence-electron chi connectivity index (χ3n) is 5.69. The molecule has 1 aromatic carbocycles. The molecule has 13 nitrogen and oxygen atoms in total. The Bertz CT molecular complexity index is 1220. The van der Waals surface area contributed by atoms with Crippen molar-refractivity contribution in [3.8, 4) is 0 Å². The molecule has 1 saturated heterocycles. The molecule has 5 N–H and O–H groups in total. The predicted octanol–water partition coefficient (Wildman–Crippen LogP) is -0.0225. The van der Waals surface area contributed by atoms with E-state index in [9.17, 15) is 37.1 Å². The number of hydrogen-bond acceptors (Lipinski definition) is 7. The number of nitrogens with one attached hydrogen (secondary N) is 4. The summed E-state index contributed by atoms with van der Waals surface area (Å²) in [6, 6.07) is 1.91. The van der Waals surface area contributed by atoms with Crippen LogP contribution in [-0.2, 0) is 30.8 Å². The number of sulfonamides is 1. The number of aromatic amines is 1. The highest BCUT2D eigenvalue weighted by Crippen LogP contribution is 2.18. The minimum atomic E-state index is -4.22. The van der Waals surface area contributed by atoms with Crippen LogP contribution in [0.5, 0.6) is 0 Å². The zero-order chi connectivity index (χ0) is 27.0. The van der Waals surface area contributed by atoms with Gasteiger partial charge in [-0.05, 0) is 37.1 Å². The van der Waals surface area contributed by atoms with Crippen LogP contribution < -0.4 is 15.4 Å². The number of likely N-dealkylation sites (tertiary alicyclic amines) is 1. The summed E-state index contributed by atoms with van der Waals surface area (Å²) in [5.41, 5.74) is 0.539. The molecule has 1 aromatic heterocycles. The molecule has 37 heavy (non-hydrogen) atoms. The highest BCUT2D eigenvalue weighted by molar-refractivity contribution is 7.90. The fourth-order valence-electron chi connectivity index (χ4n) is 3.75. The largest absolute Gasteiger partial charge is 0.480 e. The Morgan fingerprint density at radius 1 is 1.22 bits per heavy atom. The fourth-order valence-corrected chi connectivity index (χ4v) is 4.73. The number of rotatable bonds is 10. The zero-order valence-electron chi connectivity index (χ0n) is 19.6. The number of benzene rings is 1. The van der Waals surface area contributed by atoms with E-state index < -0.39 is 51.6 Å². The Hall–Kier alpha value is -4.01. The number of carboxylic acid groups (broad SMARTS) is 1. The monoisotopic (exact) mass is 538 g/mol. The Labute approximate surface area is 211 Å². The molecule has 0 radical (unpaired) electrons. The van der Waals surface area contributed by atoms with E-state index in [1.54, 1.807) is 0 Å². The van der Waals surface area contributed by atoms with Crippen molar-refractivity contribution in [2.45, 2.75) is 36.6 Å². The average Bonchev–Trinajstić information content (AvgIpc) is 3.37. The van der Waals surface area contributed by atoms with Crippen molar-refractivity contribution in [1.82, 2.24) is 30.2 Å². The van der Waals surface area contributed by atoms with Crippen LogP contribution in [-0.4, -0.2) is 77.9 Å². The van der Waals surface area contributed by atoms with Gasteiger partial charge in [-0.25, -0.2) is 32.1 Å². The van der Waals surface area contributed by atoms with E-state index in [-0.39, 0.29) is 37.4 Å². The number of aromatic nitrogens is 2. The second kappa shape index (κ2) is 12.3. The van der Waals surface area contributed by atoms with Gasteiger partial charge in [-0.3, -0.25) is 9.59 Å². The van der Waals surface area contributed by atoms with E-state index >= 15 is 0 Å². The number of aliphatic carboxylic acids is 1. The molecular weight excluding hydrogens is 511 g/mol. The number of carboxylic acids is 1. The van der Waals surface area contributed by atoms with Crippen molar-refractivity contribution in [2.24, 2.45) is 5.92 Å². The summed E-state index contributed by atoms with van der Waals surface area (Å²) in [4.78, 5) is 56.1. The summed E-state index contributed by atoms with van der Waals surface area (Å²) in [5, 5.41) is 14.3. The third-order valence-corrected chi connectivity index (χ3v) is 7.02. The van der Waals surface area contributed by atoms with Gasteiger partial charge in [0.05, 0.1) is 17.1 Å². The maximum absolute atomic E-state index is 13.1. The number of carbonyl (C=O) groups is 4. The number of nitrogens with zero attached hydrogens (tertiary/aromatic N) is 2. The topological polar surface area (TPSA) is 191 Å². The van der Waals surface area contributed by atoms with Gasteiger partial charge in [-0.15, -0.1) is 0 Å². The lowest BCUT2D eigenvalue weighted by atomic mass is 9.97. The molecule has 1 aliphatic heterocycles. The molecule has 0 saturated carbocycles. The van der Waals surface area contributed by atoms with Crippen LogP contribution in [0.25, 0.3) is 0 Å². The Morgan fingerprint density at radius 2 is 1.95 bits per heavy atom. The van der Waals surface area contributed by atoms with Crippen molar-refractivity contribution >= 4 is 33.8 Å². The first kappa shape index (κ1) is 27.6. The first-order chi connectivity index (χ1) is 17.5. The molecule has 2 aromatic rings. The van der Waals surface area contributed by atoms with E-state index in [1.807, 2.05) is 4.72 Å². The van der Waals surface area contributed by atoms with Crippen LogP contribution in [0.4, 0.5) is 9.18 Å². The summed E-state index contributed by atoms with van der Waals surface area (Å²) in [6.45, 7) is 0.153. The molecule has 0 aliphatic carbocycles. The molecule has 1 aliphatic rings. The lowest BCUT2D eigenvalue weighted by molar-refractivity contribution is -0.141. The molecule has 4 amide bonds. The number of hydrogen-bond donors (Lipinski definition) is 5. The van der Waals surface area contributed by atoms with Crippen LogP contribution >= 0.6 is 0 Å². The highest BCUT2D eigenvalue weighted by atomic mass is 32.2. The summed E-state index contributed by atoms with van der Waals surface area (Å²) in [5.74, 6) is -3.44. The molecule has 2 heterocycles. The smallest absolute Gasteiger partial charge is 0.331 e. The standard InChI is InChI=1S/C22H27FN6O7S/c23-15-3-5-17(6-4-15)37(35,36)28-22(34)29-9-1-2-14(12-29)20(31)25-8-7-19(30)27-18(21(32)33)10-16-11-24-13-26-16/h3-6,11,13-14,18H,1-2,7-10,12H2,(H,24,26)(H,25,31)(H,27,30)(H,28,34)(H,32,33)/t14-,18-/m0/s1. The highest BCUT2D eigenvalue weighted by Gasteiger charge is 2.30. The number of carbonyl (C=O) groups excluding carboxylic acids is 3. The molecule has 0 unspecified atom stereocenters. The van der Waals surface area contributed by atoms with Gasteiger partial charge in [-0.1, -0.05) is 0 Å². The summed E-state index contributed by atoms with van der Waals surface area (Å²) < 4.78 is 39.7. The third kappa shape index (κ3) is 7.99. The van der Waals surface area contributed by atoms with Crippen molar-refractivity contribution in [1.29, 1.82) is 0 Å². The molecule has 15 heteroatoms. The van der Waals surface area contributed by atoms with Gasteiger partial charge in [0.25, 0.3) is 10.0 Å². The normalized spacial score (nSPS) is 16.5. The molecular formula is C22H27FN6O7S. The van der Waals surface area contributed by atoms with E-state index in [0.29, 0.717) is 18.5 Å². The van der Waals surface area contributed by atoms with Gasteiger partial charge in [-0.2, -0.15) is 0 Å². The number of amides is 4. The van der Waals surface area contributed by atoms with Crippen LogP contribution in [0.3, 0.4) is 0 Å². The van der Waals surface area contributed by atoms with Crippen LogP contribution in [0.1, 0.15) is 25.0 Å². The van der Waals surface area contributed by atoms with Crippen molar-refractivity contribution in [2.75, 3.05) is 19.6 Å². The predicted molar refractivity (Wildman–Crippen MR) is 126 cm³/mol. The van der Waals surface area contributed by atoms with E-state index in [4.69, 9.17) is 0 Å². The quantitative estimate of drug-likeness (QED) is 0.279. The van der Waals surface area contributed by atoms with Crippen molar-refractivity contribution < 1.29 is 37.1 Å². The number of halogens is 1. The molecule has 3 rings (SSSR count). The van der Waals surface area contributed by atoms with E-state index in [0.717, 1.165) is 24.3 Å². The van der Waals surface area contributed by atoms with Gasteiger partial charge in [0.15, 0.2) is 0 Å². The number of piperidine rings is 1. The van der Waals surface area contributed by atoms with Gasteiger partial charge >= 0.3 is 12.0 Å². The summed E-state index contributed by atoms with van der Waals surface area (Å²) in [6.07, 6.45) is 3.62. The molecule has 0 spiro atoms. The lowest BCUT2D eigenvalue weighted by Crippen LogP contribution is -2.50. The Morgan fingerprint density at radius 3 is 2.59 bits per heavy atom. The van der Waals surface area contributed by atoms with E-state index in [2.05, 4.69) is 20.6 Å². The first-order valence-electron chi connectivity index (χ1n) is 11.4. The van der Waals surface area contributed by atoms with Crippen LogP contribution in [0.2, 0.25) is 0 Å². The lowest BCUT2D eigenvalue weighted by Gasteiger charge is -2.31. The minimum absolute atomic E-state index is 0.0181. The average molecular weight is 539 g/mol. The van der Waals surface area contributed by atoms with Crippen LogP contribution in [0, 0.1) is 11.7 Å². The number of H-pyrrole nitrogens is 1. The van der Waals surface area contributed by atoms with Gasteiger partial charge in [0.1, 0.15) is 11.9 Å². The van der Waals surface area contributed by atoms with Crippen LogP contribution in [0.15, 0.2) is 41.7 Å². The maximum atomic E-state index is 13.1. The van der Waals surface area contributed by atoms with Gasteiger partial charge < -0.3 is 25.6 Å². The minimum Gasteiger partial charge on any atom is -0.480 e. The molecule has 2 atom stereocenters. The second-order valence-corrected chi connectivity index (χ2v) is 10.1. The zero-order valence-corrected chi connectivity index (χ0v) is 20.5. The van der Waals surface area contributed by atoms with Crippen molar-refractivity contribution in [3.05, 3.63) is 48.3 Å². The Kier molecular flexibility index (Phi) is 9.16. The first-order valence-corrected chi connectivity index (χ1v) is 12.9. The van der Waals surface area contributed by atoms with E-state index in [1.165, 1.54) is 17.4 Å². The Balaban J connectivity index is 1.45. The fraction of sp³-hybridized carbons (Fsp3) is 0.409. The molecule has 1 fully saturated rings. The second-order valence-electron chi connectivity index (χ2n) is 8.43. The molecule has 0 bridgehead atoms. The van der Waals surface area contributed by atoms with Gasteiger partial charge in [0.2, 0.25) is 11.8 Å². The number of imidazole rings is 1.